The van der Waals surface area contributed by atoms with Crippen molar-refractivity contribution >= 4 is 11.8 Å². The predicted octanol–water partition coefficient (Wildman–Crippen LogP) is 0.755. The third-order valence-electron chi connectivity index (χ3n) is 3.68. The molecule has 3 rings (SSSR count). The summed E-state index contributed by atoms with van der Waals surface area (Å²) in [6.45, 7) is 3.54. The van der Waals surface area contributed by atoms with Crippen LogP contribution >= 0.6 is 0 Å². The third-order valence-corrected chi connectivity index (χ3v) is 3.68. The van der Waals surface area contributed by atoms with Crippen LogP contribution in [0.4, 0.5) is 11.8 Å². The Morgan fingerprint density at radius 1 is 1.42 bits per heavy atom. The van der Waals surface area contributed by atoms with E-state index in [1.54, 1.807) is 0 Å². The molecule has 104 valence electrons. The van der Waals surface area contributed by atoms with Crippen LogP contribution in [0.2, 0.25) is 0 Å². The number of nitrogens with one attached hydrogen (secondary N) is 3. The van der Waals surface area contributed by atoms with Gasteiger partial charge in [0, 0.05) is 45.3 Å². The fourth-order valence-electron chi connectivity index (χ4n) is 2.62. The van der Waals surface area contributed by atoms with Crippen molar-refractivity contribution in [3.63, 3.8) is 0 Å². The summed E-state index contributed by atoms with van der Waals surface area (Å²) in [5, 5.41) is 9.84. The highest BCUT2D eigenvalue weighted by Gasteiger charge is 2.19. The monoisotopic (exact) mass is 263 g/mol. The van der Waals surface area contributed by atoms with Gasteiger partial charge in [-0.05, 0) is 12.8 Å². The normalized spacial score (nSPS) is 22.1. The van der Waals surface area contributed by atoms with Gasteiger partial charge < -0.3 is 20.7 Å². The molecule has 3 heterocycles. The molecule has 2 aliphatic heterocycles. The molecule has 1 atom stereocenters. The van der Waals surface area contributed by atoms with Gasteiger partial charge >= 0.3 is 0 Å². The van der Waals surface area contributed by atoms with Gasteiger partial charge in [0.15, 0.2) is 0 Å². The summed E-state index contributed by atoms with van der Waals surface area (Å²) in [7, 11) is 1.85. The first-order chi connectivity index (χ1) is 9.36. The van der Waals surface area contributed by atoms with Crippen molar-refractivity contribution in [1.29, 1.82) is 0 Å². The van der Waals surface area contributed by atoms with Crippen molar-refractivity contribution in [2.24, 2.45) is 0 Å². The van der Waals surface area contributed by atoms with E-state index in [4.69, 9.17) is 4.74 Å². The van der Waals surface area contributed by atoms with Crippen LogP contribution < -0.4 is 16.0 Å². The lowest BCUT2D eigenvalue weighted by Crippen LogP contribution is -2.28. The Balaban J connectivity index is 1.77. The van der Waals surface area contributed by atoms with Crippen LogP contribution in [0.5, 0.6) is 0 Å². The number of anilines is 2. The van der Waals surface area contributed by atoms with Crippen molar-refractivity contribution in [2.75, 3.05) is 37.4 Å². The number of nitrogens with zero attached hydrogens (tertiary/aromatic N) is 2. The van der Waals surface area contributed by atoms with E-state index in [1.165, 1.54) is 5.56 Å². The van der Waals surface area contributed by atoms with E-state index in [2.05, 4.69) is 25.9 Å². The number of hydrogen-bond donors (Lipinski definition) is 3. The average molecular weight is 263 g/mol. The van der Waals surface area contributed by atoms with Crippen LogP contribution in [-0.4, -0.2) is 42.8 Å². The van der Waals surface area contributed by atoms with Crippen LogP contribution in [0.25, 0.3) is 0 Å². The van der Waals surface area contributed by atoms with Gasteiger partial charge in [-0.3, -0.25) is 0 Å². The molecule has 0 bridgehead atoms. The van der Waals surface area contributed by atoms with Crippen LogP contribution in [0, 0.1) is 0 Å². The molecule has 1 fully saturated rings. The van der Waals surface area contributed by atoms with Gasteiger partial charge in [-0.25, -0.2) is 4.98 Å². The first kappa shape index (κ1) is 12.6. The summed E-state index contributed by atoms with van der Waals surface area (Å²) in [6.07, 6.45) is 3.58. The van der Waals surface area contributed by atoms with E-state index >= 15 is 0 Å². The SMILES string of the molecule is CNc1nc2c(c(NCC3CCCO3)n1)CNCC2. The quantitative estimate of drug-likeness (QED) is 0.745. The second-order valence-corrected chi connectivity index (χ2v) is 5.01. The Hall–Kier alpha value is -1.40. The van der Waals surface area contributed by atoms with Crippen LogP contribution in [0.3, 0.4) is 0 Å². The molecule has 6 nitrogen and oxygen atoms in total. The number of fused-ring (bicyclic) bond motifs is 1. The van der Waals surface area contributed by atoms with E-state index in [0.29, 0.717) is 12.1 Å². The fraction of sp³-hybridized carbons (Fsp3) is 0.692. The van der Waals surface area contributed by atoms with E-state index in [1.807, 2.05) is 7.05 Å². The highest BCUT2D eigenvalue weighted by molar-refractivity contribution is 5.51. The van der Waals surface area contributed by atoms with Gasteiger partial charge in [-0.2, -0.15) is 4.98 Å². The summed E-state index contributed by atoms with van der Waals surface area (Å²) >= 11 is 0. The minimum absolute atomic E-state index is 0.320. The summed E-state index contributed by atoms with van der Waals surface area (Å²) in [5.41, 5.74) is 2.34. The standard InChI is InChI=1S/C13H21N5O/c1-14-13-17-11-4-5-15-8-10(11)12(18-13)16-7-9-3-2-6-19-9/h9,15H,2-8H2,1H3,(H2,14,16,17,18). The summed E-state index contributed by atoms with van der Waals surface area (Å²) in [4.78, 5) is 9.08. The molecule has 1 unspecified atom stereocenters. The summed E-state index contributed by atoms with van der Waals surface area (Å²) in [6, 6.07) is 0. The van der Waals surface area contributed by atoms with Gasteiger partial charge in [0.1, 0.15) is 5.82 Å². The zero-order valence-corrected chi connectivity index (χ0v) is 11.3. The molecule has 2 aliphatic rings. The maximum atomic E-state index is 5.64. The molecule has 0 saturated carbocycles. The Morgan fingerprint density at radius 2 is 2.37 bits per heavy atom. The number of rotatable bonds is 4. The Labute approximate surface area is 113 Å². The van der Waals surface area contributed by atoms with Crippen LogP contribution in [0.15, 0.2) is 0 Å². The largest absolute Gasteiger partial charge is 0.376 e. The molecule has 0 radical (unpaired) electrons. The van der Waals surface area contributed by atoms with Crippen molar-refractivity contribution < 1.29 is 4.74 Å². The predicted molar refractivity (Wildman–Crippen MR) is 74.5 cm³/mol. The average Bonchev–Trinajstić information content (AvgIpc) is 2.97. The zero-order valence-electron chi connectivity index (χ0n) is 11.3. The first-order valence-corrected chi connectivity index (χ1v) is 7.00. The molecule has 6 heteroatoms. The molecule has 1 aromatic rings. The van der Waals surface area contributed by atoms with Crippen LogP contribution in [-0.2, 0) is 17.7 Å². The molecule has 19 heavy (non-hydrogen) atoms. The fourth-order valence-corrected chi connectivity index (χ4v) is 2.62. The van der Waals surface area contributed by atoms with E-state index < -0.39 is 0 Å². The molecule has 1 aromatic heterocycles. The number of hydrogen-bond acceptors (Lipinski definition) is 6. The van der Waals surface area contributed by atoms with Crippen LogP contribution in [0.1, 0.15) is 24.1 Å². The van der Waals surface area contributed by atoms with Crippen molar-refractivity contribution in [3.8, 4) is 0 Å². The molecule has 0 amide bonds. The molecule has 0 spiro atoms. The van der Waals surface area contributed by atoms with Gasteiger partial charge in [0.2, 0.25) is 5.95 Å². The Kier molecular flexibility index (Phi) is 3.79. The Bertz CT molecular complexity index is 445. The van der Waals surface area contributed by atoms with Gasteiger partial charge in [0.25, 0.3) is 0 Å². The van der Waals surface area contributed by atoms with Gasteiger partial charge in [-0.15, -0.1) is 0 Å². The lowest BCUT2D eigenvalue weighted by Gasteiger charge is -2.21. The lowest BCUT2D eigenvalue weighted by molar-refractivity contribution is 0.120. The topological polar surface area (TPSA) is 71.1 Å². The second-order valence-electron chi connectivity index (χ2n) is 5.01. The first-order valence-electron chi connectivity index (χ1n) is 7.00. The van der Waals surface area contributed by atoms with Crippen molar-refractivity contribution in [2.45, 2.75) is 31.9 Å². The molecule has 0 aliphatic carbocycles. The van der Waals surface area contributed by atoms with Crippen molar-refractivity contribution in [1.82, 2.24) is 15.3 Å². The molecule has 1 saturated heterocycles. The Morgan fingerprint density at radius 3 is 3.16 bits per heavy atom. The minimum Gasteiger partial charge on any atom is -0.376 e. The van der Waals surface area contributed by atoms with Gasteiger partial charge in [0.05, 0.1) is 11.8 Å². The van der Waals surface area contributed by atoms with Gasteiger partial charge in [-0.1, -0.05) is 0 Å². The zero-order chi connectivity index (χ0) is 13.1. The summed E-state index contributed by atoms with van der Waals surface area (Å²) < 4.78 is 5.64. The maximum Gasteiger partial charge on any atom is 0.224 e. The third kappa shape index (κ3) is 2.79. The lowest BCUT2D eigenvalue weighted by atomic mass is 10.1. The van der Waals surface area contributed by atoms with E-state index in [9.17, 15) is 0 Å². The molecular formula is C13H21N5O. The van der Waals surface area contributed by atoms with E-state index in [-0.39, 0.29) is 0 Å². The molecular weight excluding hydrogens is 242 g/mol. The second kappa shape index (κ2) is 5.71. The number of aromatic nitrogens is 2. The minimum atomic E-state index is 0.320. The maximum absolute atomic E-state index is 5.64. The number of ether oxygens (including phenoxy) is 1. The molecule has 0 aromatic carbocycles. The highest BCUT2D eigenvalue weighted by atomic mass is 16.5. The summed E-state index contributed by atoms with van der Waals surface area (Å²) in [5.74, 6) is 1.63. The smallest absolute Gasteiger partial charge is 0.224 e. The highest BCUT2D eigenvalue weighted by Crippen LogP contribution is 2.22. The van der Waals surface area contributed by atoms with E-state index in [0.717, 1.165) is 57.0 Å². The molecule has 3 N–H and O–H groups in total. The van der Waals surface area contributed by atoms with Crippen molar-refractivity contribution in [3.05, 3.63) is 11.3 Å².